The molecule has 2 fully saturated rings. The first kappa shape index (κ1) is 19.8. The molecule has 1 atom stereocenters. The molecular formula is C21H27FN4O3. The van der Waals surface area contributed by atoms with Crippen LogP contribution in [0.4, 0.5) is 4.39 Å². The van der Waals surface area contributed by atoms with Crippen molar-refractivity contribution < 1.29 is 18.7 Å². The topological polar surface area (TPSA) is 70.7 Å². The Hall–Kier alpha value is -2.45. The number of morpholine rings is 1. The number of hydrogen-bond donors (Lipinski definition) is 1. The van der Waals surface area contributed by atoms with Gasteiger partial charge in [0.1, 0.15) is 0 Å². The number of H-pyrrole nitrogens is 1. The summed E-state index contributed by atoms with van der Waals surface area (Å²) in [4.78, 5) is 16.9. The molecule has 1 aromatic carbocycles. The van der Waals surface area contributed by atoms with E-state index >= 15 is 0 Å². The van der Waals surface area contributed by atoms with Gasteiger partial charge in [-0.25, -0.2) is 4.39 Å². The summed E-state index contributed by atoms with van der Waals surface area (Å²) in [6.07, 6.45) is 2.50. The highest BCUT2D eigenvalue weighted by Gasteiger charge is 2.32. The third kappa shape index (κ3) is 4.94. The number of benzene rings is 1. The molecular weight excluding hydrogens is 375 g/mol. The van der Waals surface area contributed by atoms with Gasteiger partial charge in [0.15, 0.2) is 11.6 Å². The van der Waals surface area contributed by atoms with Gasteiger partial charge in [-0.1, -0.05) is 12.1 Å². The number of ether oxygens (including phenoxy) is 2. The molecule has 156 valence electrons. The van der Waals surface area contributed by atoms with E-state index in [1.807, 2.05) is 11.0 Å². The van der Waals surface area contributed by atoms with Gasteiger partial charge >= 0.3 is 0 Å². The molecule has 0 aliphatic carbocycles. The zero-order valence-electron chi connectivity index (χ0n) is 16.5. The van der Waals surface area contributed by atoms with Gasteiger partial charge in [0.2, 0.25) is 5.91 Å². The first-order valence-electron chi connectivity index (χ1n) is 10.2. The van der Waals surface area contributed by atoms with E-state index in [0.29, 0.717) is 32.8 Å². The number of likely N-dealkylation sites (tertiary alicyclic amines) is 1. The van der Waals surface area contributed by atoms with Crippen molar-refractivity contribution in [2.75, 3.05) is 46.0 Å². The van der Waals surface area contributed by atoms with E-state index in [0.717, 1.165) is 43.9 Å². The summed E-state index contributed by atoms with van der Waals surface area (Å²) in [5.74, 6) is 0.0444. The molecule has 7 nitrogen and oxygen atoms in total. The molecule has 3 heterocycles. The van der Waals surface area contributed by atoms with E-state index in [1.165, 1.54) is 6.07 Å². The van der Waals surface area contributed by atoms with Crippen LogP contribution >= 0.6 is 0 Å². The number of para-hydroxylation sites is 1. The molecule has 2 aliphatic heterocycles. The van der Waals surface area contributed by atoms with Crippen LogP contribution in [0.15, 0.2) is 30.3 Å². The van der Waals surface area contributed by atoms with Gasteiger partial charge in [-0.3, -0.25) is 14.8 Å². The second-order valence-corrected chi connectivity index (χ2v) is 7.48. The minimum absolute atomic E-state index is 0.0148. The number of amides is 1. The molecule has 29 heavy (non-hydrogen) atoms. The van der Waals surface area contributed by atoms with Gasteiger partial charge in [0.25, 0.3) is 0 Å². The minimum atomic E-state index is -0.363. The molecule has 1 N–H and O–H groups in total. The number of carbonyl (C=O) groups excluding carboxylic acids is 1. The third-order valence-electron chi connectivity index (χ3n) is 5.49. The second kappa shape index (κ2) is 9.37. The monoisotopic (exact) mass is 402 g/mol. The lowest BCUT2D eigenvalue weighted by Crippen LogP contribution is -2.44. The first-order chi connectivity index (χ1) is 14.2. The summed E-state index contributed by atoms with van der Waals surface area (Å²) in [6.45, 7) is 4.55. The van der Waals surface area contributed by atoms with Crippen LogP contribution in [0.1, 0.15) is 30.3 Å². The van der Waals surface area contributed by atoms with Crippen LogP contribution in [0, 0.1) is 5.82 Å². The van der Waals surface area contributed by atoms with Gasteiger partial charge < -0.3 is 14.4 Å². The maximum Gasteiger partial charge on any atom is 0.237 e. The number of carbonyl (C=O) groups is 1. The number of aromatic nitrogens is 2. The largest absolute Gasteiger partial charge is 0.490 e. The summed E-state index contributed by atoms with van der Waals surface area (Å²) in [7, 11) is 0. The van der Waals surface area contributed by atoms with Gasteiger partial charge in [-0.15, -0.1) is 0 Å². The SMILES string of the molecule is O=C(CN1CCOCC1)N1CCCC1c1cc(CCOc2ccccc2F)[nH]n1. The third-order valence-corrected chi connectivity index (χ3v) is 5.49. The molecule has 4 rings (SSSR count). The molecule has 0 saturated carbocycles. The van der Waals surface area contributed by atoms with Gasteiger partial charge in [0, 0.05) is 31.7 Å². The Bertz CT molecular complexity index is 822. The predicted octanol–water partition coefficient (Wildman–Crippen LogP) is 2.17. The van der Waals surface area contributed by atoms with Crippen LogP contribution < -0.4 is 4.74 Å². The second-order valence-electron chi connectivity index (χ2n) is 7.48. The van der Waals surface area contributed by atoms with E-state index in [1.54, 1.807) is 18.2 Å². The van der Waals surface area contributed by atoms with Crippen molar-refractivity contribution in [1.29, 1.82) is 0 Å². The molecule has 8 heteroatoms. The van der Waals surface area contributed by atoms with E-state index in [-0.39, 0.29) is 23.5 Å². The Morgan fingerprint density at radius 3 is 2.93 bits per heavy atom. The molecule has 0 bridgehead atoms. The average Bonchev–Trinajstić information content (AvgIpc) is 3.39. The molecule has 1 amide bonds. The number of nitrogens with zero attached hydrogens (tertiary/aromatic N) is 3. The standard InChI is InChI=1S/C21H27FN4O3/c22-17-4-1-2-6-20(17)29-11-7-16-14-18(24-23-16)19-5-3-8-26(19)21(27)15-25-9-12-28-13-10-25/h1-2,4,6,14,19H,3,5,7-13,15H2,(H,23,24). The molecule has 2 aliphatic rings. The quantitative estimate of drug-likeness (QED) is 0.769. The predicted molar refractivity (Wildman–Crippen MR) is 105 cm³/mol. The molecule has 0 radical (unpaired) electrons. The number of nitrogens with one attached hydrogen (secondary N) is 1. The molecule has 2 saturated heterocycles. The number of rotatable bonds is 7. The fourth-order valence-corrected chi connectivity index (χ4v) is 3.93. The summed E-state index contributed by atoms with van der Waals surface area (Å²) in [5.41, 5.74) is 1.81. The molecule has 1 unspecified atom stereocenters. The van der Waals surface area contributed by atoms with Gasteiger partial charge in [-0.2, -0.15) is 5.10 Å². The highest BCUT2D eigenvalue weighted by Crippen LogP contribution is 2.31. The molecule has 0 spiro atoms. The summed E-state index contributed by atoms with van der Waals surface area (Å²) < 4.78 is 24.5. The minimum Gasteiger partial charge on any atom is -0.490 e. The molecule has 1 aromatic heterocycles. The van der Waals surface area contributed by atoms with Crippen LogP contribution in [-0.4, -0.2) is 71.9 Å². The van der Waals surface area contributed by atoms with Crippen LogP contribution in [0.3, 0.4) is 0 Å². The van der Waals surface area contributed by atoms with Crippen LogP contribution in [-0.2, 0) is 16.0 Å². The van der Waals surface area contributed by atoms with Crippen molar-refractivity contribution in [3.05, 3.63) is 47.5 Å². The van der Waals surface area contributed by atoms with Crippen LogP contribution in [0.5, 0.6) is 5.75 Å². The van der Waals surface area contributed by atoms with Crippen molar-refractivity contribution in [3.63, 3.8) is 0 Å². The maximum atomic E-state index is 13.6. The lowest BCUT2D eigenvalue weighted by atomic mass is 10.1. The Kier molecular flexibility index (Phi) is 6.41. The lowest BCUT2D eigenvalue weighted by molar-refractivity contribution is -0.134. The van der Waals surface area contributed by atoms with Gasteiger partial charge in [-0.05, 0) is 31.0 Å². The first-order valence-corrected chi connectivity index (χ1v) is 10.2. The van der Waals surface area contributed by atoms with E-state index in [4.69, 9.17) is 9.47 Å². The summed E-state index contributed by atoms with van der Waals surface area (Å²) >= 11 is 0. The summed E-state index contributed by atoms with van der Waals surface area (Å²) in [5, 5.41) is 7.47. The molecule has 2 aromatic rings. The van der Waals surface area contributed by atoms with Crippen molar-refractivity contribution >= 4 is 5.91 Å². The zero-order valence-corrected chi connectivity index (χ0v) is 16.5. The highest BCUT2D eigenvalue weighted by atomic mass is 19.1. The lowest BCUT2D eigenvalue weighted by Gasteiger charge is -2.30. The van der Waals surface area contributed by atoms with Crippen LogP contribution in [0.2, 0.25) is 0 Å². The van der Waals surface area contributed by atoms with Gasteiger partial charge in [0.05, 0.1) is 38.1 Å². The normalized spacial score (nSPS) is 20.2. The summed E-state index contributed by atoms with van der Waals surface area (Å²) in [6, 6.07) is 8.39. The number of aromatic amines is 1. The van der Waals surface area contributed by atoms with E-state index in [9.17, 15) is 9.18 Å². The van der Waals surface area contributed by atoms with Crippen molar-refractivity contribution in [2.24, 2.45) is 0 Å². The van der Waals surface area contributed by atoms with E-state index < -0.39 is 0 Å². The number of hydrogen-bond acceptors (Lipinski definition) is 5. The van der Waals surface area contributed by atoms with Crippen molar-refractivity contribution in [2.45, 2.75) is 25.3 Å². The van der Waals surface area contributed by atoms with E-state index in [2.05, 4.69) is 15.1 Å². The fourth-order valence-electron chi connectivity index (χ4n) is 3.93. The Morgan fingerprint density at radius 2 is 2.10 bits per heavy atom. The Balaban J connectivity index is 1.31. The zero-order chi connectivity index (χ0) is 20.1. The van der Waals surface area contributed by atoms with Crippen LogP contribution in [0.25, 0.3) is 0 Å². The Labute approximate surface area is 169 Å². The smallest absolute Gasteiger partial charge is 0.237 e. The maximum absolute atomic E-state index is 13.6. The fraction of sp³-hybridized carbons (Fsp3) is 0.524. The highest BCUT2D eigenvalue weighted by molar-refractivity contribution is 5.79. The van der Waals surface area contributed by atoms with Crippen molar-refractivity contribution in [3.8, 4) is 5.75 Å². The number of halogens is 1. The Morgan fingerprint density at radius 1 is 1.28 bits per heavy atom. The average molecular weight is 402 g/mol. The van der Waals surface area contributed by atoms with Crippen molar-refractivity contribution in [1.82, 2.24) is 20.0 Å².